The molecule has 1 aromatic carbocycles. The van der Waals surface area contributed by atoms with Gasteiger partial charge in [0.2, 0.25) is 5.91 Å². The monoisotopic (exact) mass is 301 g/mol. The van der Waals surface area contributed by atoms with Gasteiger partial charge < -0.3 is 10.5 Å². The molecule has 5 nitrogen and oxygen atoms in total. The number of nitrogens with one attached hydrogen (secondary N) is 1. The van der Waals surface area contributed by atoms with Crippen molar-refractivity contribution >= 4 is 17.2 Å². The van der Waals surface area contributed by atoms with Gasteiger partial charge in [0.1, 0.15) is 17.9 Å². The lowest BCUT2D eigenvalue weighted by Gasteiger charge is -2.16. The van der Waals surface area contributed by atoms with Crippen molar-refractivity contribution in [3.05, 3.63) is 51.7 Å². The summed E-state index contributed by atoms with van der Waals surface area (Å²) in [5.74, 6) is -0.0108. The molecule has 0 aliphatic carbocycles. The maximum atomic E-state index is 11.7. The average molecular weight is 301 g/mol. The van der Waals surface area contributed by atoms with Crippen molar-refractivity contribution in [2.75, 3.05) is 7.11 Å². The highest BCUT2D eigenvalue weighted by molar-refractivity contribution is 7.09. The van der Waals surface area contributed by atoms with Crippen LogP contribution in [-0.2, 0) is 11.3 Å². The van der Waals surface area contributed by atoms with Crippen LogP contribution in [-0.4, -0.2) is 13.0 Å². The molecule has 0 aliphatic rings. The van der Waals surface area contributed by atoms with Crippen LogP contribution in [0.5, 0.6) is 5.75 Å². The van der Waals surface area contributed by atoms with E-state index in [1.807, 2.05) is 23.6 Å². The molecule has 1 amide bonds. The first-order chi connectivity index (χ1) is 10.2. The topological polar surface area (TPSA) is 88.1 Å². The van der Waals surface area contributed by atoms with Gasteiger partial charge in [0.05, 0.1) is 12.7 Å². The number of hydrogen-bond acceptors (Lipinski definition) is 5. The molecule has 0 radical (unpaired) electrons. The molecule has 108 valence electrons. The summed E-state index contributed by atoms with van der Waals surface area (Å²) in [7, 11) is 1.50. The first-order valence-corrected chi connectivity index (χ1v) is 7.16. The second-order valence-corrected chi connectivity index (χ2v) is 5.40. The number of carbonyl (C=O) groups is 1. The zero-order valence-electron chi connectivity index (χ0n) is 11.5. The molecule has 0 saturated carbocycles. The van der Waals surface area contributed by atoms with E-state index in [-0.39, 0.29) is 0 Å². The van der Waals surface area contributed by atoms with E-state index in [4.69, 9.17) is 15.7 Å². The van der Waals surface area contributed by atoms with Crippen LogP contribution in [0, 0.1) is 11.3 Å². The number of carbonyl (C=O) groups excluding carboxylic acids is 1. The summed E-state index contributed by atoms with van der Waals surface area (Å²) < 4.78 is 5.09. The van der Waals surface area contributed by atoms with Crippen molar-refractivity contribution in [2.24, 2.45) is 5.73 Å². The van der Waals surface area contributed by atoms with Crippen LogP contribution < -0.4 is 15.8 Å². The number of benzene rings is 1. The third-order valence-electron chi connectivity index (χ3n) is 3.02. The molecular formula is C15H15N3O2S. The Kier molecular flexibility index (Phi) is 4.93. The lowest BCUT2D eigenvalue weighted by Crippen LogP contribution is -2.33. The van der Waals surface area contributed by atoms with E-state index in [2.05, 4.69) is 5.32 Å². The number of thiophene rings is 1. The number of amides is 1. The van der Waals surface area contributed by atoms with Gasteiger partial charge in [-0.1, -0.05) is 12.1 Å². The van der Waals surface area contributed by atoms with Gasteiger partial charge in [-0.05, 0) is 29.1 Å². The first-order valence-electron chi connectivity index (χ1n) is 6.29. The predicted octanol–water partition coefficient (Wildman–Crippen LogP) is 1.94. The van der Waals surface area contributed by atoms with Gasteiger partial charge in [0, 0.05) is 11.4 Å². The lowest BCUT2D eigenvalue weighted by molar-refractivity contribution is -0.120. The summed E-state index contributed by atoms with van der Waals surface area (Å²) in [6, 6.07) is 10.3. The highest BCUT2D eigenvalue weighted by atomic mass is 32.1. The molecule has 1 heterocycles. The van der Waals surface area contributed by atoms with E-state index in [0.717, 1.165) is 4.88 Å². The van der Waals surface area contributed by atoms with E-state index in [1.54, 1.807) is 29.5 Å². The maximum Gasteiger partial charge on any atom is 0.239 e. The third-order valence-corrected chi connectivity index (χ3v) is 3.90. The molecule has 0 fully saturated rings. The molecule has 1 aromatic heterocycles. The van der Waals surface area contributed by atoms with Crippen molar-refractivity contribution in [3.63, 3.8) is 0 Å². The van der Waals surface area contributed by atoms with Crippen molar-refractivity contribution in [2.45, 2.75) is 12.6 Å². The second kappa shape index (κ2) is 6.88. The Labute approximate surface area is 127 Å². The molecular weight excluding hydrogens is 286 g/mol. The highest BCUT2D eigenvalue weighted by Gasteiger charge is 2.19. The van der Waals surface area contributed by atoms with Gasteiger partial charge in [-0.2, -0.15) is 5.26 Å². The maximum absolute atomic E-state index is 11.7. The minimum absolute atomic E-state index is 0.374. The van der Waals surface area contributed by atoms with Crippen LogP contribution >= 0.6 is 11.3 Å². The van der Waals surface area contributed by atoms with Crippen LogP contribution in [0.4, 0.5) is 0 Å². The lowest BCUT2D eigenvalue weighted by atomic mass is 10.0. The van der Waals surface area contributed by atoms with E-state index in [9.17, 15) is 4.79 Å². The largest absolute Gasteiger partial charge is 0.495 e. The average Bonchev–Trinajstić information content (AvgIpc) is 3.00. The Bertz CT molecular complexity index is 662. The third kappa shape index (κ3) is 3.60. The first kappa shape index (κ1) is 15.0. The van der Waals surface area contributed by atoms with Crippen LogP contribution in [0.1, 0.15) is 22.0 Å². The summed E-state index contributed by atoms with van der Waals surface area (Å²) in [6.07, 6.45) is 0. The Morgan fingerprint density at radius 2 is 2.33 bits per heavy atom. The summed E-state index contributed by atoms with van der Waals surface area (Å²) in [4.78, 5) is 12.8. The summed E-state index contributed by atoms with van der Waals surface area (Å²) in [5, 5.41) is 14.2. The molecule has 2 aromatic rings. The number of rotatable bonds is 6. The Morgan fingerprint density at radius 3 is 2.90 bits per heavy atom. The number of hydrogen-bond donors (Lipinski definition) is 2. The summed E-state index contributed by atoms with van der Waals surface area (Å²) >= 11 is 1.60. The fourth-order valence-corrected chi connectivity index (χ4v) is 2.65. The minimum atomic E-state index is -0.648. The highest BCUT2D eigenvalue weighted by Crippen LogP contribution is 2.23. The van der Waals surface area contributed by atoms with Crippen LogP contribution in [0.3, 0.4) is 0 Å². The van der Waals surface area contributed by atoms with Crippen LogP contribution in [0.15, 0.2) is 35.7 Å². The van der Waals surface area contributed by atoms with E-state index >= 15 is 0 Å². The van der Waals surface area contributed by atoms with Gasteiger partial charge in [-0.25, -0.2) is 0 Å². The fraction of sp³-hybridized carbons (Fsp3) is 0.200. The minimum Gasteiger partial charge on any atom is -0.495 e. The van der Waals surface area contributed by atoms with Gasteiger partial charge >= 0.3 is 0 Å². The summed E-state index contributed by atoms with van der Waals surface area (Å²) in [5.41, 5.74) is 6.48. The molecule has 1 unspecified atom stereocenters. The smallest absolute Gasteiger partial charge is 0.239 e. The van der Waals surface area contributed by atoms with Crippen LogP contribution in [0.2, 0.25) is 0 Å². The quantitative estimate of drug-likeness (QED) is 0.853. The van der Waals surface area contributed by atoms with Crippen molar-refractivity contribution in [1.82, 2.24) is 5.32 Å². The van der Waals surface area contributed by atoms with Crippen LogP contribution in [0.25, 0.3) is 0 Å². The molecule has 21 heavy (non-hydrogen) atoms. The number of methoxy groups -OCH3 is 1. The molecule has 2 rings (SSSR count). The van der Waals surface area contributed by atoms with Crippen molar-refractivity contribution < 1.29 is 9.53 Å². The van der Waals surface area contributed by atoms with Gasteiger partial charge in [-0.15, -0.1) is 11.3 Å². The zero-order chi connectivity index (χ0) is 15.2. The zero-order valence-corrected chi connectivity index (χ0v) is 12.3. The van der Waals surface area contributed by atoms with E-state index < -0.39 is 11.9 Å². The fourth-order valence-electron chi connectivity index (χ4n) is 1.99. The number of nitriles is 1. The van der Waals surface area contributed by atoms with Gasteiger partial charge in [0.15, 0.2) is 0 Å². The number of primary amides is 1. The number of nitrogens with zero attached hydrogens (tertiary/aromatic N) is 1. The normalized spacial score (nSPS) is 11.6. The predicted molar refractivity (Wildman–Crippen MR) is 80.8 cm³/mol. The van der Waals surface area contributed by atoms with E-state index in [0.29, 0.717) is 23.4 Å². The molecule has 0 spiro atoms. The summed E-state index contributed by atoms with van der Waals surface area (Å²) in [6.45, 7) is 0.541. The molecule has 0 saturated heterocycles. The molecule has 0 bridgehead atoms. The number of ether oxygens (including phenoxy) is 1. The SMILES string of the molecule is COc1ccc(C(NCc2cccs2)C(N)=O)cc1C#N. The number of nitrogens with two attached hydrogens (primary N) is 1. The Morgan fingerprint density at radius 1 is 1.52 bits per heavy atom. The molecule has 3 N–H and O–H groups in total. The van der Waals surface area contributed by atoms with Gasteiger partial charge in [-0.3, -0.25) is 10.1 Å². The van der Waals surface area contributed by atoms with Crippen molar-refractivity contribution in [3.8, 4) is 11.8 Å². The standard InChI is InChI=1S/C15H15N3O2S/c1-20-13-5-4-10(7-11(13)8-16)14(15(17)19)18-9-12-3-2-6-21-12/h2-7,14,18H,9H2,1H3,(H2,17,19). The Hall–Kier alpha value is -2.36. The molecule has 1 atom stereocenters. The van der Waals surface area contributed by atoms with Gasteiger partial charge in [0.25, 0.3) is 0 Å². The van der Waals surface area contributed by atoms with E-state index in [1.165, 1.54) is 7.11 Å². The van der Waals surface area contributed by atoms with Crippen molar-refractivity contribution in [1.29, 1.82) is 5.26 Å². The Balaban J connectivity index is 2.22. The molecule has 0 aliphatic heterocycles. The molecule has 6 heteroatoms. The second-order valence-electron chi connectivity index (χ2n) is 4.37.